The first-order chi connectivity index (χ1) is 11.1. The van der Waals surface area contributed by atoms with E-state index in [1.54, 1.807) is 16.2 Å². The Balaban J connectivity index is 1.62. The van der Waals surface area contributed by atoms with Crippen molar-refractivity contribution in [1.29, 1.82) is 0 Å². The fourth-order valence-corrected chi connectivity index (χ4v) is 5.03. The highest BCUT2D eigenvalue weighted by atomic mass is 32.1. The van der Waals surface area contributed by atoms with Gasteiger partial charge in [0.25, 0.3) is 5.91 Å². The molecule has 0 N–H and O–H groups in total. The minimum absolute atomic E-state index is 0.0339. The van der Waals surface area contributed by atoms with E-state index < -0.39 is 0 Å². The number of hydrogen-bond acceptors (Lipinski definition) is 4. The molecule has 5 nitrogen and oxygen atoms in total. The lowest BCUT2D eigenvalue weighted by atomic mass is 9.95. The Kier molecular flexibility index (Phi) is 3.89. The molecule has 124 valence electrons. The van der Waals surface area contributed by atoms with Crippen molar-refractivity contribution in [3.05, 3.63) is 21.4 Å². The van der Waals surface area contributed by atoms with Crippen molar-refractivity contribution in [2.45, 2.75) is 31.7 Å². The number of thiophene rings is 1. The van der Waals surface area contributed by atoms with Crippen LogP contribution in [-0.4, -0.2) is 61.0 Å². The second kappa shape index (κ2) is 5.91. The molecule has 2 saturated heterocycles. The van der Waals surface area contributed by atoms with E-state index in [0.717, 1.165) is 18.4 Å². The summed E-state index contributed by atoms with van der Waals surface area (Å²) in [5.74, 6) is -0.0227. The Morgan fingerprint density at radius 1 is 1.26 bits per heavy atom. The van der Waals surface area contributed by atoms with Gasteiger partial charge in [-0.05, 0) is 31.2 Å². The maximum atomic E-state index is 13.1. The normalized spacial score (nSPS) is 27.6. The van der Waals surface area contributed by atoms with Gasteiger partial charge in [0, 0.05) is 30.4 Å². The Hall–Kier alpha value is -1.40. The lowest BCUT2D eigenvalue weighted by Gasteiger charge is -2.29. The molecule has 3 heterocycles. The van der Waals surface area contributed by atoms with Gasteiger partial charge < -0.3 is 14.5 Å². The van der Waals surface area contributed by atoms with Gasteiger partial charge >= 0.3 is 0 Å². The zero-order valence-electron chi connectivity index (χ0n) is 13.4. The molecule has 3 aliphatic rings. The van der Waals surface area contributed by atoms with E-state index in [2.05, 4.69) is 0 Å². The van der Waals surface area contributed by atoms with Crippen LogP contribution in [0, 0.1) is 5.92 Å². The van der Waals surface area contributed by atoms with Gasteiger partial charge in [-0.1, -0.05) is 0 Å². The third kappa shape index (κ3) is 2.58. The predicted molar refractivity (Wildman–Crippen MR) is 87.7 cm³/mol. The van der Waals surface area contributed by atoms with E-state index in [0.29, 0.717) is 26.3 Å². The third-order valence-corrected chi connectivity index (χ3v) is 6.41. The molecule has 2 bridgehead atoms. The lowest BCUT2D eigenvalue weighted by molar-refractivity contribution is -0.133. The van der Waals surface area contributed by atoms with Crippen LogP contribution in [0.3, 0.4) is 0 Å². The lowest BCUT2D eigenvalue weighted by Crippen LogP contribution is -2.45. The van der Waals surface area contributed by atoms with Gasteiger partial charge in [0.05, 0.1) is 30.7 Å². The number of nitrogens with zero attached hydrogens (tertiary/aromatic N) is 2. The SMILES string of the molecule is CN1C(=O)[C@H]2COC[C@@H]1CN(C(=O)c1csc3c1CCCC3)C2. The molecule has 0 radical (unpaired) electrons. The van der Waals surface area contributed by atoms with E-state index in [-0.39, 0.29) is 23.8 Å². The molecule has 23 heavy (non-hydrogen) atoms. The summed E-state index contributed by atoms with van der Waals surface area (Å²) >= 11 is 1.72. The van der Waals surface area contributed by atoms with Crippen LogP contribution in [0.15, 0.2) is 5.38 Å². The first-order valence-corrected chi connectivity index (χ1v) is 9.26. The molecule has 2 atom stereocenters. The quantitative estimate of drug-likeness (QED) is 0.783. The summed E-state index contributed by atoms with van der Waals surface area (Å²) in [6.07, 6.45) is 4.52. The fraction of sp³-hybridized carbons (Fsp3) is 0.647. The average molecular weight is 334 g/mol. The minimum Gasteiger partial charge on any atom is -0.378 e. The number of hydrogen-bond donors (Lipinski definition) is 0. The molecule has 0 aromatic carbocycles. The van der Waals surface area contributed by atoms with Crippen molar-refractivity contribution in [2.24, 2.45) is 5.92 Å². The highest BCUT2D eigenvalue weighted by molar-refractivity contribution is 7.10. The summed E-state index contributed by atoms with van der Waals surface area (Å²) in [7, 11) is 1.83. The second-order valence-electron chi connectivity index (χ2n) is 6.81. The van der Waals surface area contributed by atoms with Crippen LogP contribution in [0.2, 0.25) is 0 Å². The van der Waals surface area contributed by atoms with Gasteiger partial charge in [0.2, 0.25) is 5.91 Å². The molecule has 2 fully saturated rings. The molecule has 6 heteroatoms. The van der Waals surface area contributed by atoms with Gasteiger partial charge in [-0.15, -0.1) is 11.3 Å². The maximum Gasteiger partial charge on any atom is 0.255 e. The number of amides is 2. The van der Waals surface area contributed by atoms with Crippen LogP contribution >= 0.6 is 11.3 Å². The van der Waals surface area contributed by atoms with Crippen LogP contribution < -0.4 is 0 Å². The maximum absolute atomic E-state index is 13.1. The Morgan fingerprint density at radius 2 is 2.09 bits per heavy atom. The highest BCUT2D eigenvalue weighted by Crippen LogP contribution is 2.32. The molecule has 1 aromatic heterocycles. The number of fused-ring (bicyclic) bond motifs is 4. The van der Waals surface area contributed by atoms with Crippen molar-refractivity contribution in [3.63, 3.8) is 0 Å². The zero-order valence-corrected chi connectivity index (χ0v) is 14.2. The molecule has 4 rings (SSSR count). The number of carbonyl (C=O) groups is 2. The predicted octanol–water partition coefficient (Wildman–Crippen LogP) is 1.56. The third-order valence-electron chi connectivity index (χ3n) is 5.32. The minimum atomic E-state index is -0.231. The van der Waals surface area contributed by atoms with Crippen molar-refractivity contribution in [1.82, 2.24) is 9.80 Å². The number of aryl methyl sites for hydroxylation is 1. The Bertz CT molecular complexity index is 642. The number of likely N-dealkylation sites (N-methyl/N-ethyl adjacent to an activating group) is 1. The highest BCUT2D eigenvalue weighted by Gasteiger charge is 2.39. The second-order valence-corrected chi connectivity index (χ2v) is 7.77. The Morgan fingerprint density at radius 3 is 2.96 bits per heavy atom. The van der Waals surface area contributed by atoms with E-state index in [4.69, 9.17) is 4.74 Å². The summed E-state index contributed by atoms with van der Waals surface area (Å²) < 4.78 is 5.61. The molecule has 2 amide bonds. The van der Waals surface area contributed by atoms with Crippen molar-refractivity contribution in [2.75, 3.05) is 33.4 Å². The van der Waals surface area contributed by atoms with Crippen LogP contribution in [0.1, 0.15) is 33.6 Å². The number of ether oxygens (including phenoxy) is 1. The molecular formula is C17H22N2O3S. The number of carbonyl (C=O) groups excluding carboxylic acids is 2. The fourth-order valence-electron chi connectivity index (χ4n) is 3.91. The monoisotopic (exact) mass is 334 g/mol. The standard InChI is InChI=1S/C17H22N2O3S/c1-18-12-7-19(6-11(16(18)20)8-22-9-12)17(21)14-10-23-15-5-3-2-4-13(14)15/h10-12H,2-9H2,1H3/t11-,12+/m1/s1. The topological polar surface area (TPSA) is 49.9 Å². The van der Waals surface area contributed by atoms with Crippen LogP contribution in [0.5, 0.6) is 0 Å². The summed E-state index contributed by atoms with van der Waals surface area (Å²) in [6, 6.07) is -0.0339. The molecule has 0 unspecified atom stereocenters. The molecule has 2 aliphatic heterocycles. The van der Waals surface area contributed by atoms with Crippen LogP contribution in [0.25, 0.3) is 0 Å². The van der Waals surface area contributed by atoms with Crippen LogP contribution in [-0.2, 0) is 22.4 Å². The smallest absolute Gasteiger partial charge is 0.255 e. The van der Waals surface area contributed by atoms with E-state index in [1.807, 2.05) is 17.3 Å². The van der Waals surface area contributed by atoms with E-state index >= 15 is 0 Å². The summed E-state index contributed by atoms with van der Waals surface area (Å²) in [5.41, 5.74) is 2.14. The molecule has 1 aliphatic carbocycles. The average Bonchev–Trinajstić information content (AvgIpc) is 2.87. The van der Waals surface area contributed by atoms with Crippen LogP contribution in [0.4, 0.5) is 0 Å². The van der Waals surface area contributed by atoms with Gasteiger partial charge in [-0.25, -0.2) is 0 Å². The number of rotatable bonds is 1. The first kappa shape index (κ1) is 15.1. The first-order valence-electron chi connectivity index (χ1n) is 8.38. The Labute approximate surface area is 140 Å². The molecular weight excluding hydrogens is 312 g/mol. The zero-order chi connectivity index (χ0) is 16.0. The van der Waals surface area contributed by atoms with Gasteiger partial charge in [0.15, 0.2) is 0 Å². The van der Waals surface area contributed by atoms with Crippen molar-refractivity contribution < 1.29 is 14.3 Å². The van der Waals surface area contributed by atoms with E-state index in [1.165, 1.54) is 23.3 Å². The molecule has 0 spiro atoms. The largest absolute Gasteiger partial charge is 0.378 e. The molecule has 0 saturated carbocycles. The summed E-state index contributed by atoms with van der Waals surface area (Å²) in [5, 5.41) is 2.03. The molecule has 1 aromatic rings. The summed E-state index contributed by atoms with van der Waals surface area (Å²) in [4.78, 5) is 30.6. The van der Waals surface area contributed by atoms with Gasteiger partial charge in [-0.2, -0.15) is 0 Å². The summed E-state index contributed by atoms with van der Waals surface area (Å²) in [6.45, 7) is 1.99. The van der Waals surface area contributed by atoms with Crippen molar-refractivity contribution in [3.8, 4) is 0 Å². The van der Waals surface area contributed by atoms with Gasteiger partial charge in [0.1, 0.15) is 0 Å². The van der Waals surface area contributed by atoms with Gasteiger partial charge in [-0.3, -0.25) is 9.59 Å². The van der Waals surface area contributed by atoms with E-state index in [9.17, 15) is 9.59 Å². The van der Waals surface area contributed by atoms with Crippen molar-refractivity contribution >= 4 is 23.2 Å².